The number of anilines is 2. The Morgan fingerprint density at radius 2 is 2.28 bits per heavy atom. The Morgan fingerprint density at radius 3 is 3.06 bits per heavy atom. The average molecular weight is 245 g/mol. The molecule has 94 valence electrons. The van der Waals surface area contributed by atoms with E-state index in [-0.39, 0.29) is 24.9 Å². The lowest BCUT2D eigenvalue weighted by Gasteiger charge is -2.29. The molecule has 0 aliphatic carbocycles. The van der Waals surface area contributed by atoms with Gasteiger partial charge in [0.05, 0.1) is 17.9 Å². The summed E-state index contributed by atoms with van der Waals surface area (Å²) in [5, 5.41) is 5.68. The monoisotopic (exact) mass is 245 g/mol. The number of amides is 2. The van der Waals surface area contributed by atoms with Crippen molar-refractivity contribution in [1.29, 1.82) is 0 Å². The Bertz CT molecular complexity index is 485. The highest BCUT2D eigenvalue weighted by Gasteiger charge is 2.25. The molecule has 1 heterocycles. The van der Waals surface area contributed by atoms with Crippen LogP contribution < -0.4 is 15.5 Å². The van der Waals surface area contributed by atoms with Crippen molar-refractivity contribution in [2.45, 2.75) is 0 Å². The Balaban J connectivity index is 2.15. The zero-order valence-corrected chi connectivity index (χ0v) is 9.98. The van der Waals surface area contributed by atoms with Crippen LogP contribution in [0.1, 0.15) is 0 Å². The predicted octanol–water partition coefficient (Wildman–Crippen LogP) is 0.747. The van der Waals surface area contributed by atoms with Gasteiger partial charge in [0.2, 0.25) is 11.8 Å². The summed E-state index contributed by atoms with van der Waals surface area (Å²) in [6, 6.07) is 7.26. The molecule has 2 N–H and O–H groups in total. The minimum absolute atomic E-state index is 0.0611. The summed E-state index contributed by atoms with van der Waals surface area (Å²) in [5.74, 6) is -0.301. The molecule has 0 unspecified atom stereocenters. The van der Waals surface area contributed by atoms with Gasteiger partial charge in [-0.1, -0.05) is 18.2 Å². The summed E-state index contributed by atoms with van der Waals surface area (Å²) >= 11 is 0. The summed E-state index contributed by atoms with van der Waals surface area (Å²) in [5.41, 5.74) is 1.41. The van der Waals surface area contributed by atoms with Crippen LogP contribution in [0.4, 0.5) is 11.4 Å². The molecule has 0 atom stereocenters. The first kappa shape index (κ1) is 12.3. The molecule has 0 aromatic heterocycles. The summed E-state index contributed by atoms with van der Waals surface area (Å²) in [7, 11) is 0. The predicted molar refractivity (Wildman–Crippen MR) is 70.5 cm³/mol. The van der Waals surface area contributed by atoms with Crippen LogP contribution in [-0.4, -0.2) is 31.4 Å². The van der Waals surface area contributed by atoms with Gasteiger partial charge in [-0.15, -0.1) is 6.58 Å². The smallest absolute Gasteiger partial charge is 0.244 e. The van der Waals surface area contributed by atoms with Crippen LogP contribution in [0, 0.1) is 0 Å². The Morgan fingerprint density at radius 1 is 1.50 bits per heavy atom. The van der Waals surface area contributed by atoms with Gasteiger partial charge in [-0.25, -0.2) is 0 Å². The number of carbonyl (C=O) groups is 2. The van der Waals surface area contributed by atoms with E-state index >= 15 is 0 Å². The van der Waals surface area contributed by atoms with E-state index in [1.807, 2.05) is 18.2 Å². The Labute approximate surface area is 105 Å². The lowest BCUT2D eigenvalue weighted by Crippen LogP contribution is -2.45. The maximum absolute atomic E-state index is 12.0. The number of rotatable bonds is 4. The van der Waals surface area contributed by atoms with Crippen molar-refractivity contribution in [3.63, 3.8) is 0 Å². The van der Waals surface area contributed by atoms with Crippen molar-refractivity contribution < 1.29 is 9.59 Å². The number of carbonyl (C=O) groups excluding carboxylic acids is 2. The third-order valence-electron chi connectivity index (χ3n) is 2.64. The summed E-state index contributed by atoms with van der Waals surface area (Å²) < 4.78 is 0. The van der Waals surface area contributed by atoms with Gasteiger partial charge in [0.15, 0.2) is 0 Å². The fourth-order valence-corrected chi connectivity index (χ4v) is 1.83. The number of hydrogen-bond donors (Lipinski definition) is 2. The highest BCUT2D eigenvalue weighted by molar-refractivity contribution is 6.10. The third-order valence-corrected chi connectivity index (χ3v) is 2.64. The molecular weight excluding hydrogens is 230 g/mol. The minimum Gasteiger partial charge on any atom is -0.323 e. The van der Waals surface area contributed by atoms with E-state index in [1.54, 1.807) is 12.1 Å². The van der Waals surface area contributed by atoms with E-state index < -0.39 is 0 Å². The topological polar surface area (TPSA) is 61.4 Å². The molecule has 5 nitrogen and oxygen atoms in total. The number of hydrogen-bond acceptors (Lipinski definition) is 3. The van der Waals surface area contributed by atoms with Crippen LogP contribution in [0.5, 0.6) is 0 Å². The van der Waals surface area contributed by atoms with Gasteiger partial charge >= 0.3 is 0 Å². The molecular formula is C13H15N3O2. The lowest BCUT2D eigenvalue weighted by atomic mass is 10.2. The molecule has 0 spiro atoms. The quantitative estimate of drug-likeness (QED) is 0.608. The maximum Gasteiger partial charge on any atom is 0.244 e. The molecule has 5 heteroatoms. The number of benzene rings is 1. The van der Waals surface area contributed by atoms with Gasteiger partial charge < -0.3 is 10.6 Å². The minimum atomic E-state index is -0.175. The van der Waals surface area contributed by atoms with Crippen LogP contribution in [0.15, 0.2) is 36.9 Å². The number of para-hydroxylation sites is 2. The third kappa shape index (κ3) is 2.57. The molecule has 18 heavy (non-hydrogen) atoms. The van der Waals surface area contributed by atoms with Crippen LogP contribution in [0.3, 0.4) is 0 Å². The average Bonchev–Trinajstić information content (AvgIpc) is 2.38. The molecule has 0 bridgehead atoms. The molecule has 0 saturated heterocycles. The van der Waals surface area contributed by atoms with Crippen molar-refractivity contribution in [1.82, 2.24) is 5.32 Å². The van der Waals surface area contributed by atoms with Gasteiger partial charge in [-0.2, -0.15) is 0 Å². The number of nitrogens with zero attached hydrogens (tertiary/aromatic N) is 1. The molecule has 1 aliphatic rings. The molecule has 1 aromatic rings. The summed E-state index contributed by atoms with van der Waals surface area (Å²) in [6.45, 7) is 4.38. The fourth-order valence-electron chi connectivity index (χ4n) is 1.83. The highest BCUT2D eigenvalue weighted by Crippen LogP contribution is 2.28. The first-order valence-corrected chi connectivity index (χ1v) is 5.73. The van der Waals surface area contributed by atoms with Crippen molar-refractivity contribution in [3.05, 3.63) is 36.9 Å². The van der Waals surface area contributed by atoms with Crippen LogP contribution in [0.2, 0.25) is 0 Å². The van der Waals surface area contributed by atoms with Crippen molar-refractivity contribution in [3.8, 4) is 0 Å². The highest BCUT2D eigenvalue weighted by atomic mass is 16.2. The normalized spacial score (nSPS) is 13.8. The molecule has 2 rings (SSSR count). The number of nitrogens with one attached hydrogen (secondary N) is 2. The van der Waals surface area contributed by atoms with E-state index in [9.17, 15) is 9.59 Å². The zero-order chi connectivity index (χ0) is 13.0. The molecule has 0 fully saturated rings. The van der Waals surface area contributed by atoms with E-state index in [0.29, 0.717) is 12.2 Å². The lowest BCUT2D eigenvalue weighted by molar-refractivity contribution is -0.121. The fraction of sp³-hybridized carbons (Fsp3) is 0.231. The second-order valence-electron chi connectivity index (χ2n) is 3.96. The van der Waals surface area contributed by atoms with Crippen LogP contribution in [-0.2, 0) is 9.59 Å². The first-order chi connectivity index (χ1) is 8.72. The van der Waals surface area contributed by atoms with Crippen LogP contribution >= 0.6 is 0 Å². The van der Waals surface area contributed by atoms with Crippen molar-refractivity contribution in [2.24, 2.45) is 0 Å². The second kappa shape index (κ2) is 5.46. The van der Waals surface area contributed by atoms with E-state index in [1.165, 1.54) is 4.90 Å². The molecule has 2 amide bonds. The standard InChI is InChI=1S/C13H15N3O2/c1-2-7-14-8-13(18)16-9-12(17)15-10-5-3-4-6-11(10)16/h2-6,14H,1,7-9H2,(H,15,17). The first-order valence-electron chi connectivity index (χ1n) is 5.73. The van der Waals surface area contributed by atoms with E-state index in [0.717, 1.165) is 5.69 Å². The molecule has 1 aromatic carbocycles. The molecule has 0 radical (unpaired) electrons. The van der Waals surface area contributed by atoms with Gasteiger partial charge in [-0.3, -0.25) is 14.5 Å². The van der Waals surface area contributed by atoms with Gasteiger partial charge in [0.25, 0.3) is 0 Å². The van der Waals surface area contributed by atoms with Crippen molar-refractivity contribution in [2.75, 3.05) is 29.9 Å². The van der Waals surface area contributed by atoms with Gasteiger partial charge in [0, 0.05) is 6.54 Å². The summed E-state index contributed by atoms with van der Waals surface area (Å²) in [4.78, 5) is 25.0. The Kier molecular flexibility index (Phi) is 3.74. The van der Waals surface area contributed by atoms with Gasteiger partial charge in [0.1, 0.15) is 6.54 Å². The van der Waals surface area contributed by atoms with E-state index in [2.05, 4.69) is 17.2 Å². The summed E-state index contributed by atoms with van der Waals surface area (Å²) in [6.07, 6.45) is 1.68. The van der Waals surface area contributed by atoms with Gasteiger partial charge in [-0.05, 0) is 12.1 Å². The largest absolute Gasteiger partial charge is 0.323 e. The zero-order valence-electron chi connectivity index (χ0n) is 9.98. The van der Waals surface area contributed by atoms with Crippen LogP contribution in [0.25, 0.3) is 0 Å². The molecule has 0 saturated carbocycles. The Hall–Kier alpha value is -2.14. The number of fused-ring (bicyclic) bond motifs is 1. The second-order valence-corrected chi connectivity index (χ2v) is 3.96. The SMILES string of the molecule is C=CCNCC(=O)N1CC(=O)Nc2ccccc21. The maximum atomic E-state index is 12.0. The van der Waals surface area contributed by atoms with Crippen molar-refractivity contribution >= 4 is 23.2 Å². The van der Waals surface area contributed by atoms with E-state index in [4.69, 9.17) is 0 Å². The molecule has 1 aliphatic heterocycles.